The highest BCUT2D eigenvalue weighted by molar-refractivity contribution is 7.89. The molecule has 2 atom stereocenters. The molecule has 3 aromatic carbocycles. The van der Waals surface area contributed by atoms with Crippen LogP contribution in [0.15, 0.2) is 83.8 Å². The fourth-order valence-corrected chi connectivity index (χ4v) is 4.92. The third-order valence-electron chi connectivity index (χ3n) is 5.52. The summed E-state index contributed by atoms with van der Waals surface area (Å²) in [5.74, 6) is -2.30. The van der Waals surface area contributed by atoms with E-state index >= 15 is 0 Å². The van der Waals surface area contributed by atoms with Gasteiger partial charge in [-0.25, -0.2) is 8.42 Å². The number of hydrogen-bond donors (Lipinski definition) is 3. The quantitative estimate of drug-likeness (QED) is 0.343. The molecular weight excluding hydrogens is 500 g/mol. The number of nitrogens with one attached hydrogen (secondary N) is 2. The molecule has 0 bridgehead atoms. The lowest BCUT2D eigenvalue weighted by Gasteiger charge is -2.25. The van der Waals surface area contributed by atoms with E-state index in [1.165, 1.54) is 18.2 Å². The van der Waals surface area contributed by atoms with Gasteiger partial charge in [0.2, 0.25) is 10.0 Å². The Morgan fingerprint density at radius 3 is 2.35 bits per heavy atom. The molecule has 0 radical (unpaired) electrons. The minimum atomic E-state index is -4.05. The van der Waals surface area contributed by atoms with Gasteiger partial charge in [-0.1, -0.05) is 54.6 Å². The molecule has 3 N–H and O–H groups in total. The summed E-state index contributed by atoms with van der Waals surface area (Å²) >= 11 is 0. The first-order valence-corrected chi connectivity index (χ1v) is 12.8. The summed E-state index contributed by atoms with van der Waals surface area (Å²) in [6.45, 7) is -0.0394. The molecular formula is C26H24N2O8S. The number of amides is 1. The molecule has 3 aromatic rings. The van der Waals surface area contributed by atoms with Crippen molar-refractivity contribution in [1.29, 1.82) is 0 Å². The molecule has 0 aliphatic carbocycles. The number of anilines is 1. The minimum absolute atomic E-state index is 0.00793. The van der Waals surface area contributed by atoms with Crippen molar-refractivity contribution in [3.63, 3.8) is 0 Å². The van der Waals surface area contributed by atoms with Crippen LogP contribution in [0.3, 0.4) is 0 Å². The Labute approximate surface area is 213 Å². The van der Waals surface area contributed by atoms with E-state index in [-0.39, 0.29) is 29.4 Å². The number of sulfonamides is 1. The summed E-state index contributed by atoms with van der Waals surface area (Å²) in [6, 6.07) is 20.0. The van der Waals surface area contributed by atoms with Gasteiger partial charge in [0.15, 0.2) is 6.10 Å². The van der Waals surface area contributed by atoms with Crippen LogP contribution in [0.1, 0.15) is 17.5 Å². The number of carbonyl (C=O) groups is 3. The van der Waals surface area contributed by atoms with Crippen molar-refractivity contribution in [2.24, 2.45) is 0 Å². The van der Waals surface area contributed by atoms with E-state index in [0.717, 1.165) is 5.56 Å². The van der Waals surface area contributed by atoms with E-state index in [1.54, 1.807) is 54.6 Å². The highest BCUT2D eigenvalue weighted by Crippen LogP contribution is 2.31. The number of benzene rings is 3. The van der Waals surface area contributed by atoms with Gasteiger partial charge in [0.05, 0.1) is 17.0 Å². The maximum Gasteiger partial charge on any atom is 0.324 e. The summed E-state index contributed by atoms with van der Waals surface area (Å²) < 4.78 is 39.3. The molecule has 37 heavy (non-hydrogen) atoms. The van der Waals surface area contributed by atoms with Gasteiger partial charge in [-0.05, 0) is 41.8 Å². The van der Waals surface area contributed by atoms with E-state index in [9.17, 15) is 22.8 Å². The molecule has 4 rings (SSSR count). The topological polar surface area (TPSA) is 148 Å². The van der Waals surface area contributed by atoms with Crippen LogP contribution in [-0.2, 0) is 42.2 Å². The van der Waals surface area contributed by atoms with E-state index in [0.29, 0.717) is 5.56 Å². The lowest BCUT2D eigenvalue weighted by molar-refractivity contribution is -0.147. The van der Waals surface area contributed by atoms with Gasteiger partial charge in [-0.3, -0.25) is 14.4 Å². The molecule has 1 amide bonds. The molecule has 0 fully saturated rings. The van der Waals surface area contributed by atoms with Crippen molar-refractivity contribution < 1.29 is 37.4 Å². The van der Waals surface area contributed by atoms with E-state index in [4.69, 9.17) is 14.6 Å². The molecule has 1 heterocycles. The van der Waals surface area contributed by atoms with Crippen molar-refractivity contribution in [2.45, 2.75) is 36.5 Å². The molecule has 1 unspecified atom stereocenters. The van der Waals surface area contributed by atoms with Gasteiger partial charge in [0.25, 0.3) is 5.91 Å². The lowest BCUT2D eigenvalue weighted by Crippen LogP contribution is -2.43. The molecule has 1 aliphatic heterocycles. The second kappa shape index (κ2) is 11.2. The largest absolute Gasteiger partial charge is 0.481 e. The number of carboxylic acid groups (broad SMARTS) is 1. The highest BCUT2D eigenvalue weighted by Gasteiger charge is 2.31. The number of esters is 1. The third-order valence-corrected chi connectivity index (χ3v) is 7.01. The van der Waals surface area contributed by atoms with Crippen LogP contribution in [0.2, 0.25) is 0 Å². The summed E-state index contributed by atoms with van der Waals surface area (Å²) in [6.07, 6.45) is -1.75. The van der Waals surface area contributed by atoms with Crippen LogP contribution in [0, 0.1) is 0 Å². The smallest absolute Gasteiger partial charge is 0.324 e. The molecule has 10 nitrogen and oxygen atoms in total. The monoisotopic (exact) mass is 524 g/mol. The number of ether oxygens (including phenoxy) is 2. The zero-order valence-electron chi connectivity index (χ0n) is 19.5. The zero-order valence-corrected chi connectivity index (χ0v) is 20.3. The Bertz CT molecular complexity index is 1390. The average Bonchev–Trinajstić information content (AvgIpc) is 2.88. The first-order valence-electron chi connectivity index (χ1n) is 11.3. The summed E-state index contributed by atoms with van der Waals surface area (Å²) in [4.78, 5) is 36.2. The fourth-order valence-electron chi connectivity index (χ4n) is 3.71. The Kier molecular flexibility index (Phi) is 7.85. The molecule has 0 spiro atoms. The van der Waals surface area contributed by atoms with Crippen LogP contribution in [0.25, 0.3) is 0 Å². The Balaban J connectivity index is 1.55. The Morgan fingerprint density at radius 2 is 1.68 bits per heavy atom. The average molecular weight is 525 g/mol. The fraction of sp³-hybridized carbons (Fsp3) is 0.192. The van der Waals surface area contributed by atoms with Crippen molar-refractivity contribution in [3.05, 3.63) is 90.0 Å². The first kappa shape index (κ1) is 25.9. The van der Waals surface area contributed by atoms with Crippen LogP contribution >= 0.6 is 0 Å². The van der Waals surface area contributed by atoms with Crippen LogP contribution in [-0.4, -0.2) is 43.5 Å². The van der Waals surface area contributed by atoms with Crippen molar-refractivity contribution in [2.75, 3.05) is 5.32 Å². The summed E-state index contributed by atoms with van der Waals surface area (Å²) in [5.41, 5.74) is 1.54. The van der Waals surface area contributed by atoms with Crippen molar-refractivity contribution >= 4 is 33.6 Å². The van der Waals surface area contributed by atoms with Gasteiger partial charge in [0, 0.05) is 0 Å². The second-order valence-corrected chi connectivity index (χ2v) is 10.0. The van der Waals surface area contributed by atoms with Gasteiger partial charge >= 0.3 is 11.9 Å². The van der Waals surface area contributed by atoms with E-state index in [2.05, 4.69) is 10.0 Å². The molecule has 1 aliphatic rings. The summed E-state index contributed by atoms with van der Waals surface area (Å²) in [5, 5.41) is 11.6. The van der Waals surface area contributed by atoms with Gasteiger partial charge in [0.1, 0.15) is 18.4 Å². The maximum absolute atomic E-state index is 13.0. The van der Waals surface area contributed by atoms with Crippen LogP contribution in [0.4, 0.5) is 5.69 Å². The molecule has 11 heteroatoms. The van der Waals surface area contributed by atoms with Crippen molar-refractivity contribution in [1.82, 2.24) is 4.72 Å². The third kappa shape index (κ3) is 6.72. The maximum atomic E-state index is 13.0. The van der Waals surface area contributed by atoms with Crippen molar-refractivity contribution in [3.8, 4) is 5.75 Å². The predicted molar refractivity (Wildman–Crippen MR) is 132 cm³/mol. The van der Waals surface area contributed by atoms with Crippen LogP contribution in [0.5, 0.6) is 5.75 Å². The molecule has 0 saturated carbocycles. The molecule has 0 aromatic heterocycles. The zero-order chi connectivity index (χ0) is 26.4. The summed E-state index contributed by atoms with van der Waals surface area (Å²) in [7, 11) is -4.05. The molecule has 192 valence electrons. The minimum Gasteiger partial charge on any atom is -0.481 e. The van der Waals surface area contributed by atoms with E-state index < -0.39 is 46.4 Å². The number of carbonyl (C=O) groups excluding carboxylic acids is 2. The second-order valence-electron chi connectivity index (χ2n) is 8.31. The van der Waals surface area contributed by atoms with Gasteiger partial charge in [-0.15, -0.1) is 0 Å². The van der Waals surface area contributed by atoms with E-state index in [1.807, 2.05) is 6.07 Å². The van der Waals surface area contributed by atoms with Crippen LogP contribution < -0.4 is 14.8 Å². The Hall–Kier alpha value is -4.22. The number of hydrogen-bond acceptors (Lipinski definition) is 7. The molecule has 0 saturated heterocycles. The number of aliphatic carboxylic acids is 1. The SMILES string of the molecule is O=C(O)CC1Oc2ccc(C[C@H](NS(=O)(=O)c3ccccc3)C(=O)OCc3ccccc3)cc2NC1=O. The number of rotatable bonds is 10. The lowest BCUT2D eigenvalue weighted by atomic mass is 10.0. The standard InChI is InChI=1S/C26H24N2O8S/c29-24(30)15-23-25(31)27-20-13-18(11-12-22(20)36-23)14-21(26(32)35-16-17-7-3-1-4-8-17)28-37(33,34)19-9-5-2-6-10-19/h1-13,21,23,28H,14-16H2,(H,27,31)(H,29,30)/t21-,23?/m0/s1. The van der Waals surface area contributed by atoms with Gasteiger partial charge in [-0.2, -0.15) is 4.72 Å². The van der Waals surface area contributed by atoms with Gasteiger partial charge < -0.3 is 19.9 Å². The predicted octanol–water partition coefficient (Wildman–Crippen LogP) is 2.49. The number of fused-ring (bicyclic) bond motifs is 1. The number of carboxylic acids is 1. The Morgan fingerprint density at radius 1 is 1.00 bits per heavy atom. The normalized spacial score (nSPS) is 15.6. The first-order chi connectivity index (χ1) is 17.7. The highest BCUT2D eigenvalue weighted by atomic mass is 32.2.